The number of hydrogen-bond acceptors (Lipinski definition) is 29. The van der Waals surface area contributed by atoms with Gasteiger partial charge in [0.2, 0.25) is 38.9 Å². The van der Waals surface area contributed by atoms with Crippen molar-refractivity contribution in [3.8, 4) is 67.1 Å². The number of morpholine rings is 2. The molecule has 6 aromatic carbocycles. The lowest BCUT2D eigenvalue weighted by atomic mass is 10.0. The summed E-state index contributed by atoms with van der Waals surface area (Å²) in [7, 11) is 4.97. The van der Waals surface area contributed by atoms with Crippen LogP contribution in [0.5, 0.6) is 0 Å². The summed E-state index contributed by atoms with van der Waals surface area (Å²) in [5, 5.41) is 40.1. The number of nitrogens with zero attached hydrogens (tertiary/aromatic N) is 9. The Hall–Kier alpha value is -14.8. The topological polar surface area (TPSA) is 368 Å². The highest BCUT2D eigenvalue weighted by atomic mass is 32.1. The smallest absolute Gasteiger partial charge is 0.323 e. The molecule has 0 atom stereocenters. The van der Waals surface area contributed by atoms with E-state index in [1.807, 2.05) is 179 Å². The molecule has 17 heterocycles. The molecule has 142 heavy (non-hydrogen) atoms. The lowest BCUT2D eigenvalue weighted by molar-refractivity contribution is 0.120. The number of carbonyl (C=O) groups excluding carboxylic acids is 3. The lowest BCUT2D eigenvalue weighted by Gasteiger charge is -2.27. The van der Waals surface area contributed by atoms with E-state index in [0.29, 0.717) is 149 Å². The number of thiophene rings is 5. The number of aryl methyl sites for hydroxylation is 3. The van der Waals surface area contributed by atoms with Crippen molar-refractivity contribution in [3.05, 3.63) is 265 Å². The molecule has 5 aliphatic rings. The van der Waals surface area contributed by atoms with Gasteiger partial charge in [0.15, 0.2) is 57.3 Å². The number of nitrogens with one attached hydrogen (secondary N) is 6. The minimum Gasteiger partial charge on any atom is -0.439 e. The van der Waals surface area contributed by atoms with Crippen molar-refractivity contribution in [1.29, 1.82) is 0 Å². The van der Waals surface area contributed by atoms with Gasteiger partial charge in [-0.3, -0.25) is 29.1 Å². The van der Waals surface area contributed by atoms with Crippen LogP contribution in [-0.2, 0) is 9.47 Å². The second-order valence-corrected chi connectivity index (χ2v) is 39.5. The van der Waals surface area contributed by atoms with Crippen LogP contribution < -0.4 is 78.2 Å². The number of fused-ring (bicyclic) bond motifs is 6. The SMILES string of the molecule is CN(C)C(=O)Nc1cccc(-c2csc3c(=O)cc(N4CCCCC4)oc23)c1.CNC(=O)Nc1cccc(-c2csc3c(=O)cc(N4CCCCC4)oc23)c1.Cc1[nH]nc2cc(-c3csc4c(=O)cc(N5CCOCC5)oc34)ccc12.Cc1cccc(NC(=O)Nc2cccc(-c3csc4c(=O)cc(N5CCOCC5)oc34)c2)c1.Cc1nnc(-c2cccc(-c3csc4c(=O)cc(N5CCCCC5)oc34)c2)o1. The number of benzene rings is 6. The molecule has 728 valence electrons. The Balaban J connectivity index is 0.000000113. The number of H-pyrrole nitrogens is 1. The average molecular weight is 2000 g/mol. The third-order valence-electron chi connectivity index (χ3n) is 25.0. The standard InChI is InChI=1S/C25H23N3O4S.C21H19N3O3S.C21H23N3O3S.C20H21N3O3S.C19H17N3O3S/c1-16-4-2-6-18(12-16)26-25(30)27-19-7-3-5-17(13-19)20-15-33-24-21(29)14-22(32-23(20)24)28-8-10-31-11-9-28;1-13-22-23-21(26-13)15-7-5-6-14(10-15)16-12-28-20-17(25)11-18(27-19(16)20)24-8-3-2-4-9-24;1-23(2)21(26)22-15-8-6-7-14(11-15)16-13-28-20-17(25)12-18(27-19(16)20)24-9-4-3-5-10-24;1-21-20(25)22-14-7-5-6-13(10-14)15-12-27-19-16(24)11-17(26-18(15)19)23-8-3-2-4-9-23;1-11-13-3-2-12(8-15(13)21-20-11)14-10-26-19-16(23)9-17(25-18(14)19)22-4-6-24-7-5-22/h2-7,12-15H,8-11H2,1H3,(H2,26,27,30);5-7,10-12H,2-4,8-9H2,1H3;6-8,11-13H,3-5,9-10H2,1-2H3,(H,22,26);5-7,10-12H,2-4,8-9H2,1H3,(H2,21,22,25);2-3,8-10H,4-7H2,1H3,(H,20,21). The number of anilines is 9. The van der Waals surface area contributed by atoms with E-state index >= 15 is 0 Å². The van der Waals surface area contributed by atoms with Gasteiger partial charge >= 0.3 is 18.1 Å². The van der Waals surface area contributed by atoms with E-state index in [-0.39, 0.29) is 45.2 Å². The maximum absolute atomic E-state index is 12.7. The van der Waals surface area contributed by atoms with Crippen LogP contribution in [0.15, 0.2) is 247 Å². The summed E-state index contributed by atoms with van der Waals surface area (Å²) in [5.74, 6) is 4.14. The lowest BCUT2D eigenvalue weighted by Crippen LogP contribution is -2.36. The van der Waals surface area contributed by atoms with Crippen LogP contribution in [0, 0.1) is 20.8 Å². The highest BCUT2D eigenvalue weighted by Crippen LogP contribution is 2.43. The van der Waals surface area contributed by atoms with Crippen LogP contribution in [0.3, 0.4) is 0 Å². The van der Waals surface area contributed by atoms with Gasteiger partial charge in [-0.2, -0.15) is 5.10 Å². The van der Waals surface area contributed by atoms with Crippen molar-refractivity contribution in [2.45, 2.75) is 78.6 Å². The highest BCUT2D eigenvalue weighted by molar-refractivity contribution is 7.19. The first-order valence-electron chi connectivity index (χ1n) is 47.1. The van der Waals surface area contributed by atoms with E-state index in [0.717, 1.165) is 180 Å². The molecule has 0 spiro atoms. The molecule has 31 nitrogen and oxygen atoms in total. The predicted octanol–water partition coefficient (Wildman–Crippen LogP) is 22.6. The van der Waals surface area contributed by atoms with Crippen LogP contribution in [0.1, 0.15) is 74.9 Å². The number of urea groups is 3. The summed E-state index contributed by atoms with van der Waals surface area (Å²) in [6.45, 7) is 16.6. The molecule has 23 rings (SSSR count). The summed E-state index contributed by atoms with van der Waals surface area (Å²) in [5.41, 5.74) is 18.7. The summed E-state index contributed by atoms with van der Waals surface area (Å²) in [4.78, 5) is 111. The predicted molar refractivity (Wildman–Crippen MR) is 570 cm³/mol. The third-order valence-corrected chi connectivity index (χ3v) is 29.9. The maximum atomic E-state index is 12.7. The first kappa shape index (κ1) is 96.1. The number of ether oxygens (including phenoxy) is 2. The van der Waals surface area contributed by atoms with Crippen LogP contribution in [0.4, 0.5) is 66.6 Å². The van der Waals surface area contributed by atoms with Crippen molar-refractivity contribution in [3.63, 3.8) is 0 Å². The Morgan fingerprint density at radius 2 is 0.683 bits per heavy atom. The van der Waals surface area contributed by atoms with E-state index in [2.05, 4.69) is 72.6 Å². The van der Waals surface area contributed by atoms with Gasteiger partial charge in [-0.1, -0.05) is 72.8 Å². The molecular formula is C106H103N15O16S5. The number of aromatic amines is 1. The third kappa shape index (κ3) is 21.9. The van der Waals surface area contributed by atoms with Gasteiger partial charge in [0.05, 0.1) is 31.9 Å². The Kier molecular flexibility index (Phi) is 29.5. The summed E-state index contributed by atoms with van der Waals surface area (Å²) >= 11 is 6.99. The second kappa shape index (κ2) is 43.5. The van der Waals surface area contributed by atoms with E-state index in [9.17, 15) is 38.4 Å². The maximum Gasteiger partial charge on any atom is 0.323 e. The summed E-state index contributed by atoms with van der Waals surface area (Å²) < 4.78 is 50.5. The van der Waals surface area contributed by atoms with Gasteiger partial charge in [-0.05, 0) is 172 Å². The van der Waals surface area contributed by atoms with Crippen molar-refractivity contribution < 1.29 is 50.4 Å². The van der Waals surface area contributed by atoms with Crippen LogP contribution in [0.2, 0.25) is 0 Å². The Bertz CT molecular complexity index is 7980. The molecule has 0 bridgehead atoms. The number of carbonyl (C=O) groups is 3. The van der Waals surface area contributed by atoms with Crippen molar-refractivity contribution in [2.75, 3.05) is 159 Å². The van der Waals surface area contributed by atoms with Crippen molar-refractivity contribution in [1.82, 2.24) is 30.6 Å². The Morgan fingerprint density at radius 3 is 1.04 bits per heavy atom. The first-order chi connectivity index (χ1) is 69.1. The number of amides is 6. The van der Waals surface area contributed by atoms with Gasteiger partial charge in [0, 0.05) is 218 Å². The van der Waals surface area contributed by atoms with Gasteiger partial charge in [0.1, 0.15) is 23.5 Å². The number of hydrogen-bond donors (Lipinski definition) is 6. The molecular weight excluding hydrogens is 1900 g/mol. The molecule has 0 unspecified atom stereocenters. The monoisotopic (exact) mass is 2000 g/mol. The fraction of sp³-hybridized carbons (Fsp3) is 0.274. The Morgan fingerprint density at radius 1 is 0.352 bits per heavy atom. The molecule has 0 aliphatic carbocycles. The average Bonchev–Trinajstić information content (AvgIpc) is 1.62. The van der Waals surface area contributed by atoms with Crippen molar-refractivity contribution >= 4 is 189 Å². The molecule has 5 fully saturated rings. The molecule has 5 aliphatic heterocycles. The number of piperidine rings is 3. The van der Waals surface area contributed by atoms with Gasteiger partial charge < -0.3 is 92.0 Å². The minimum atomic E-state index is -0.325. The first-order valence-corrected chi connectivity index (χ1v) is 51.5. The molecule has 18 aromatic rings. The number of aromatic nitrogens is 4. The van der Waals surface area contributed by atoms with Gasteiger partial charge in [-0.25, -0.2) is 14.4 Å². The molecule has 6 amide bonds. The molecule has 5 saturated heterocycles. The van der Waals surface area contributed by atoms with Crippen LogP contribution >= 0.6 is 56.7 Å². The Labute approximate surface area is 833 Å². The normalized spacial score (nSPS) is 14.4. The molecule has 0 radical (unpaired) electrons. The zero-order valence-electron chi connectivity index (χ0n) is 78.9. The van der Waals surface area contributed by atoms with Crippen LogP contribution in [-0.4, -0.2) is 156 Å². The second-order valence-electron chi connectivity index (χ2n) is 35.1. The largest absolute Gasteiger partial charge is 0.439 e. The molecule has 12 aromatic heterocycles. The molecule has 6 N–H and O–H groups in total. The molecule has 36 heteroatoms. The quantitative estimate of drug-likeness (QED) is 0.0555. The number of rotatable bonds is 15. The van der Waals surface area contributed by atoms with Gasteiger partial charge in [0.25, 0.3) is 0 Å². The zero-order valence-corrected chi connectivity index (χ0v) is 83.0. The van der Waals surface area contributed by atoms with E-state index < -0.39 is 0 Å². The minimum absolute atomic E-state index is 0.000633. The van der Waals surface area contributed by atoms with Crippen molar-refractivity contribution in [2.24, 2.45) is 0 Å². The van der Waals surface area contributed by atoms with Crippen LogP contribution in [0.25, 0.3) is 129 Å². The highest BCUT2D eigenvalue weighted by Gasteiger charge is 2.28. The molecule has 0 saturated carbocycles. The van der Waals surface area contributed by atoms with Gasteiger partial charge in [-0.15, -0.1) is 66.9 Å². The van der Waals surface area contributed by atoms with E-state index in [4.69, 9.17) is 36.0 Å². The van der Waals surface area contributed by atoms with E-state index in [1.54, 1.807) is 58.4 Å². The summed E-state index contributed by atoms with van der Waals surface area (Å²) in [6, 6.07) is 51.4. The summed E-state index contributed by atoms with van der Waals surface area (Å²) in [6.07, 6.45) is 10.4. The fourth-order valence-electron chi connectivity index (χ4n) is 17.6. The van der Waals surface area contributed by atoms with E-state index in [1.165, 1.54) is 80.8 Å². The fourth-order valence-corrected chi connectivity index (χ4v) is 22.2. The zero-order chi connectivity index (χ0) is 98.0.